The highest BCUT2D eigenvalue weighted by molar-refractivity contribution is 6.02. The Morgan fingerprint density at radius 3 is 2.46 bits per heavy atom. The van der Waals surface area contributed by atoms with E-state index in [1.165, 1.54) is 18.2 Å². The fourth-order valence-electron chi connectivity index (χ4n) is 2.03. The molecule has 24 heavy (non-hydrogen) atoms. The molecule has 0 spiro atoms. The molecule has 0 aliphatic carbocycles. The van der Waals surface area contributed by atoms with Crippen LogP contribution in [0, 0.1) is 0 Å². The van der Waals surface area contributed by atoms with Crippen LogP contribution >= 0.6 is 0 Å². The van der Waals surface area contributed by atoms with Crippen LogP contribution in [0.1, 0.15) is 16.1 Å². The van der Waals surface area contributed by atoms with Crippen LogP contribution < -0.4 is 5.32 Å². The Balaban J connectivity index is 1.77. The number of anilines is 1. The minimum Gasteiger partial charge on any atom is -0.321 e. The Hall–Kier alpha value is -3.16. The van der Waals surface area contributed by atoms with Crippen LogP contribution in [0.5, 0.6) is 0 Å². The predicted octanol–water partition coefficient (Wildman–Crippen LogP) is 3.54. The van der Waals surface area contributed by atoms with Gasteiger partial charge in [0.15, 0.2) is 0 Å². The lowest BCUT2D eigenvalue weighted by molar-refractivity contribution is -0.137. The Morgan fingerprint density at radius 2 is 1.83 bits per heavy atom. The van der Waals surface area contributed by atoms with Crippen molar-refractivity contribution < 1.29 is 18.0 Å². The molecule has 3 rings (SSSR count). The van der Waals surface area contributed by atoms with Crippen LogP contribution in [0.4, 0.5) is 18.9 Å². The number of halogens is 3. The van der Waals surface area contributed by atoms with Crippen molar-refractivity contribution in [2.45, 2.75) is 6.18 Å². The van der Waals surface area contributed by atoms with E-state index in [2.05, 4.69) is 15.3 Å². The zero-order chi connectivity index (χ0) is 17.2. The fraction of sp³-hybridized carbons (Fsp3) is 0.0625. The summed E-state index contributed by atoms with van der Waals surface area (Å²) in [5.41, 5.74) is -0.385. The molecular weight excluding hydrogens is 321 g/mol. The van der Waals surface area contributed by atoms with E-state index in [4.69, 9.17) is 0 Å². The number of nitrogens with one attached hydrogen (secondary N) is 1. The molecule has 0 bridgehead atoms. The topological polar surface area (TPSA) is 59.8 Å². The van der Waals surface area contributed by atoms with Crippen molar-refractivity contribution in [2.75, 3.05) is 5.32 Å². The summed E-state index contributed by atoms with van der Waals surface area (Å²) in [5, 5.41) is 2.52. The molecule has 2 aromatic heterocycles. The number of rotatable bonds is 3. The molecular formula is C16H11F3N4O. The molecule has 0 saturated carbocycles. The molecule has 3 aromatic rings. The van der Waals surface area contributed by atoms with Gasteiger partial charge in [0.25, 0.3) is 5.91 Å². The number of benzene rings is 1. The summed E-state index contributed by atoms with van der Waals surface area (Å²) in [6.45, 7) is 0. The van der Waals surface area contributed by atoms with E-state index < -0.39 is 17.6 Å². The molecule has 1 aromatic carbocycles. The third-order valence-corrected chi connectivity index (χ3v) is 3.21. The number of imidazole rings is 1. The normalized spacial score (nSPS) is 11.3. The molecule has 0 unspecified atom stereocenters. The van der Waals surface area contributed by atoms with Crippen molar-refractivity contribution in [3.8, 4) is 5.82 Å². The number of pyridine rings is 1. The van der Waals surface area contributed by atoms with Gasteiger partial charge in [-0.2, -0.15) is 13.2 Å². The number of hydrogen-bond acceptors (Lipinski definition) is 3. The Morgan fingerprint density at radius 1 is 1.08 bits per heavy atom. The minimum atomic E-state index is -4.41. The van der Waals surface area contributed by atoms with E-state index in [9.17, 15) is 18.0 Å². The highest BCUT2D eigenvalue weighted by Gasteiger charge is 2.30. The second-order valence-electron chi connectivity index (χ2n) is 4.88. The average Bonchev–Trinajstić information content (AvgIpc) is 3.09. The van der Waals surface area contributed by atoms with Crippen LogP contribution in [-0.2, 0) is 6.18 Å². The molecule has 0 aliphatic rings. The lowest BCUT2D eigenvalue weighted by Crippen LogP contribution is -2.15. The molecule has 1 N–H and O–H groups in total. The van der Waals surface area contributed by atoms with Gasteiger partial charge in [0.05, 0.1) is 5.56 Å². The molecule has 5 nitrogen and oxygen atoms in total. The highest BCUT2D eigenvalue weighted by Crippen LogP contribution is 2.29. The zero-order valence-electron chi connectivity index (χ0n) is 12.2. The quantitative estimate of drug-likeness (QED) is 0.798. The summed E-state index contributed by atoms with van der Waals surface area (Å²) in [5.74, 6) is -0.00991. The molecule has 1 amide bonds. The first-order chi connectivity index (χ1) is 11.4. The molecule has 8 heteroatoms. The van der Waals surface area contributed by atoms with Gasteiger partial charge in [-0.3, -0.25) is 9.36 Å². The maximum absolute atomic E-state index is 12.5. The lowest BCUT2D eigenvalue weighted by atomic mass is 10.2. The third-order valence-electron chi connectivity index (χ3n) is 3.21. The maximum Gasteiger partial charge on any atom is 0.416 e. The van der Waals surface area contributed by atoms with Crippen molar-refractivity contribution >= 4 is 11.6 Å². The number of aromatic nitrogens is 3. The van der Waals surface area contributed by atoms with Gasteiger partial charge in [-0.05, 0) is 36.4 Å². The second-order valence-corrected chi connectivity index (χ2v) is 4.88. The largest absolute Gasteiger partial charge is 0.416 e. The lowest BCUT2D eigenvalue weighted by Gasteiger charge is -2.09. The van der Waals surface area contributed by atoms with E-state index >= 15 is 0 Å². The van der Waals surface area contributed by atoms with Crippen molar-refractivity contribution in [2.24, 2.45) is 0 Å². The standard InChI is InChI=1S/C16H11F3N4O/c17-16(18,19)11-4-6-12(7-5-11)21-15(24)13-2-1-3-14(22-13)23-9-8-20-10-23/h1-10H,(H,21,24). The van der Waals surface area contributed by atoms with E-state index in [-0.39, 0.29) is 11.4 Å². The van der Waals surface area contributed by atoms with Crippen molar-refractivity contribution in [1.82, 2.24) is 14.5 Å². The van der Waals surface area contributed by atoms with Gasteiger partial charge in [-0.1, -0.05) is 6.07 Å². The SMILES string of the molecule is O=C(Nc1ccc(C(F)(F)F)cc1)c1cccc(-n2ccnc2)n1. The summed E-state index contributed by atoms with van der Waals surface area (Å²) in [6.07, 6.45) is 0.389. The number of alkyl halides is 3. The molecule has 0 fully saturated rings. The maximum atomic E-state index is 12.5. The number of nitrogens with zero attached hydrogens (tertiary/aromatic N) is 3. The summed E-state index contributed by atoms with van der Waals surface area (Å²) in [6, 6.07) is 9.08. The van der Waals surface area contributed by atoms with Crippen molar-refractivity contribution in [3.05, 3.63) is 72.4 Å². The molecule has 0 atom stereocenters. The smallest absolute Gasteiger partial charge is 0.321 e. The van der Waals surface area contributed by atoms with Gasteiger partial charge < -0.3 is 5.32 Å². The van der Waals surface area contributed by atoms with Crippen LogP contribution in [0.25, 0.3) is 5.82 Å². The Bertz CT molecular complexity index is 843. The number of amides is 1. The zero-order valence-corrected chi connectivity index (χ0v) is 12.2. The third kappa shape index (κ3) is 3.43. The van der Waals surface area contributed by atoms with Crippen LogP contribution in [0.2, 0.25) is 0 Å². The Labute approximate surface area is 134 Å². The van der Waals surface area contributed by atoms with E-state index in [0.717, 1.165) is 12.1 Å². The number of carbonyl (C=O) groups is 1. The first-order valence-electron chi connectivity index (χ1n) is 6.87. The predicted molar refractivity (Wildman–Crippen MR) is 80.8 cm³/mol. The fourth-order valence-corrected chi connectivity index (χ4v) is 2.03. The van der Waals surface area contributed by atoms with E-state index in [1.807, 2.05) is 0 Å². The van der Waals surface area contributed by atoms with Crippen molar-refractivity contribution in [3.63, 3.8) is 0 Å². The summed E-state index contributed by atoms with van der Waals surface area (Å²) < 4.78 is 39.2. The summed E-state index contributed by atoms with van der Waals surface area (Å²) in [4.78, 5) is 20.3. The van der Waals surface area contributed by atoms with E-state index in [0.29, 0.717) is 5.82 Å². The molecule has 122 valence electrons. The monoisotopic (exact) mass is 332 g/mol. The van der Waals surface area contributed by atoms with Crippen LogP contribution in [-0.4, -0.2) is 20.4 Å². The summed E-state index contributed by atoms with van der Waals surface area (Å²) in [7, 11) is 0. The van der Waals surface area contributed by atoms with Gasteiger partial charge in [-0.15, -0.1) is 0 Å². The number of hydrogen-bond donors (Lipinski definition) is 1. The van der Waals surface area contributed by atoms with Crippen LogP contribution in [0.15, 0.2) is 61.2 Å². The van der Waals surface area contributed by atoms with Gasteiger partial charge in [-0.25, -0.2) is 9.97 Å². The van der Waals surface area contributed by atoms with Crippen LogP contribution in [0.3, 0.4) is 0 Å². The van der Waals surface area contributed by atoms with Gasteiger partial charge >= 0.3 is 6.18 Å². The number of carbonyl (C=O) groups excluding carboxylic acids is 1. The molecule has 0 radical (unpaired) electrons. The van der Waals surface area contributed by atoms with E-state index in [1.54, 1.807) is 35.4 Å². The minimum absolute atomic E-state index is 0.140. The Kier molecular flexibility index (Phi) is 4.03. The van der Waals surface area contributed by atoms with Gasteiger partial charge in [0.2, 0.25) is 0 Å². The van der Waals surface area contributed by atoms with Gasteiger partial charge in [0, 0.05) is 18.1 Å². The first-order valence-corrected chi connectivity index (χ1v) is 6.87. The molecule has 0 saturated heterocycles. The summed E-state index contributed by atoms with van der Waals surface area (Å²) >= 11 is 0. The first kappa shape index (κ1) is 15.7. The average molecular weight is 332 g/mol. The molecule has 0 aliphatic heterocycles. The highest BCUT2D eigenvalue weighted by atomic mass is 19.4. The second kappa shape index (κ2) is 6.15. The molecule has 2 heterocycles. The van der Waals surface area contributed by atoms with Gasteiger partial charge in [0.1, 0.15) is 17.8 Å². The van der Waals surface area contributed by atoms with Crippen molar-refractivity contribution in [1.29, 1.82) is 0 Å².